The highest BCUT2D eigenvalue weighted by molar-refractivity contribution is 5.94. The highest BCUT2D eigenvalue weighted by Gasteiger charge is 2.07. The van der Waals surface area contributed by atoms with Crippen LogP contribution in [0.5, 0.6) is 0 Å². The van der Waals surface area contributed by atoms with Gasteiger partial charge in [0.05, 0.1) is 16.7 Å². The van der Waals surface area contributed by atoms with Crippen LogP contribution >= 0.6 is 0 Å². The summed E-state index contributed by atoms with van der Waals surface area (Å²) in [7, 11) is 0. The number of fused-ring (bicyclic) bond motifs is 1. The van der Waals surface area contributed by atoms with Gasteiger partial charge >= 0.3 is 0 Å². The number of H-pyrrole nitrogens is 1. The number of aliphatic hydroxyl groups excluding tert-OH is 1. The molecule has 2 rings (SSSR count). The van der Waals surface area contributed by atoms with E-state index in [0.29, 0.717) is 11.5 Å². The smallest absolute Gasteiger partial charge is 0.223 e. The summed E-state index contributed by atoms with van der Waals surface area (Å²) in [6, 6.07) is 5.23. The lowest BCUT2D eigenvalue weighted by Crippen LogP contribution is -2.26. The molecule has 1 atom stereocenters. The molecular formula is C11H15N7O. The third-order valence-corrected chi connectivity index (χ3v) is 2.37. The number of guanidine groups is 2. The van der Waals surface area contributed by atoms with Gasteiger partial charge in [-0.05, 0) is 25.1 Å². The molecular weight excluding hydrogens is 246 g/mol. The van der Waals surface area contributed by atoms with Gasteiger partial charge in [-0.25, -0.2) is 9.98 Å². The molecule has 8 nitrogen and oxygen atoms in total. The summed E-state index contributed by atoms with van der Waals surface area (Å²) < 4.78 is 0. The minimum Gasteiger partial charge on any atom is -0.385 e. The molecule has 0 aliphatic heterocycles. The maximum Gasteiger partial charge on any atom is 0.223 e. The van der Waals surface area contributed by atoms with Crippen molar-refractivity contribution in [1.29, 1.82) is 0 Å². The van der Waals surface area contributed by atoms with Gasteiger partial charge < -0.3 is 27.3 Å². The maximum absolute atomic E-state index is 9.45. The molecule has 1 aromatic carbocycles. The first-order valence-electron chi connectivity index (χ1n) is 5.57. The van der Waals surface area contributed by atoms with Gasteiger partial charge in [-0.1, -0.05) is 0 Å². The number of imidazole rings is 1. The van der Waals surface area contributed by atoms with Crippen molar-refractivity contribution in [2.45, 2.75) is 13.0 Å². The fourth-order valence-corrected chi connectivity index (χ4v) is 1.57. The molecule has 0 radical (unpaired) electrons. The Labute approximate surface area is 109 Å². The molecule has 2 aromatic rings. The number of nitrogens with one attached hydrogen (secondary N) is 1. The van der Waals surface area contributed by atoms with E-state index in [-0.39, 0.29) is 11.9 Å². The van der Waals surface area contributed by atoms with Crippen molar-refractivity contribution in [1.82, 2.24) is 9.97 Å². The number of aromatic nitrogens is 2. The van der Waals surface area contributed by atoms with E-state index in [0.717, 1.165) is 11.0 Å². The lowest BCUT2D eigenvalue weighted by Gasteiger charge is -1.96. The minimum absolute atomic E-state index is 0.0328. The predicted octanol–water partition coefficient (Wildman–Crippen LogP) is -0.164. The van der Waals surface area contributed by atoms with Crippen molar-refractivity contribution in [3.05, 3.63) is 24.0 Å². The van der Waals surface area contributed by atoms with Gasteiger partial charge in [-0.15, -0.1) is 0 Å². The zero-order chi connectivity index (χ0) is 14.0. The van der Waals surface area contributed by atoms with E-state index in [2.05, 4.69) is 20.0 Å². The topological polar surface area (TPSA) is 152 Å². The number of nitrogens with zero attached hydrogens (tertiary/aromatic N) is 3. The van der Waals surface area contributed by atoms with Crippen LogP contribution in [0, 0.1) is 0 Å². The average Bonchev–Trinajstić information content (AvgIpc) is 2.70. The van der Waals surface area contributed by atoms with Crippen LogP contribution in [-0.2, 0) is 0 Å². The van der Waals surface area contributed by atoms with E-state index < -0.39 is 6.10 Å². The molecule has 1 unspecified atom stereocenters. The van der Waals surface area contributed by atoms with Gasteiger partial charge in [-0.3, -0.25) is 0 Å². The summed E-state index contributed by atoms with van der Waals surface area (Å²) in [5, 5.41) is 9.45. The van der Waals surface area contributed by atoms with Gasteiger partial charge in [0, 0.05) is 0 Å². The molecule has 0 saturated heterocycles. The Bertz CT molecular complexity index is 652. The van der Waals surface area contributed by atoms with Crippen LogP contribution < -0.4 is 17.2 Å². The van der Waals surface area contributed by atoms with Gasteiger partial charge in [0.15, 0.2) is 5.96 Å². The van der Waals surface area contributed by atoms with Gasteiger partial charge in [-0.2, -0.15) is 4.99 Å². The standard InChI is InChI=1S/C11H15N7O/c1-5(19)9-16-7-3-2-6(4-8(7)17-9)15-11(14)18-10(12)13/h2-5,19H,1H3,(H,16,17)(H6,12,13,14,15,18). The van der Waals surface area contributed by atoms with Crippen LogP contribution in [0.15, 0.2) is 28.2 Å². The molecule has 0 saturated carbocycles. The van der Waals surface area contributed by atoms with E-state index in [9.17, 15) is 5.11 Å². The first-order chi connectivity index (χ1) is 8.95. The summed E-state index contributed by atoms with van der Waals surface area (Å²) in [4.78, 5) is 14.9. The zero-order valence-electron chi connectivity index (χ0n) is 10.3. The monoisotopic (exact) mass is 261 g/mol. The zero-order valence-corrected chi connectivity index (χ0v) is 10.3. The van der Waals surface area contributed by atoms with Crippen molar-refractivity contribution in [2.75, 3.05) is 0 Å². The van der Waals surface area contributed by atoms with E-state index in [1.165, 1.54) is 0 Å². The van der Waals surface area contributed by atoms with Crippen LogP contribution in [0.2, 0.25) is 0 Å². The fourth-order valence-electron chi connectivity index (χ4n) is 1.57. The SMILES string of the molecule is CC(O)c1nc2ccc(N=C(N)N=C(N)N)cc2[nH]1. The third-order valence-electron chi connectivity index (χ3n) is 2.37. The van der Waals surface area contributed by atoms with E-state index in [1.807, 2.05) is 0 Å². The molecule has 0 bridgehead atoms. The lowest BCUT2D eigenvalue weighted by molar-refractivity contribution is 0.190. The lowest BCUT2D eigenvalue weighted by atomic mass is 10.3. The Morgan fingerprint density at radius 2 is 2.11 bits per heavy atom. The first-order valence-corrected chi connectivity index (χ1v) is 5.57. The van der Waals surface area contributed by atoms with Crippen LogP contribution in [0.1, 0.15) is 18.9 Å². The van der Waals surface area contributed by atoms with Crippen molar-refractivity contribution in [3.8, 4) is 0 Å². The summed E-state index contributed by atoms with van der Waals surface area (Å²) in [6.07, 6.45) is -0.661. The van der Waals surface area contributed by atoms with E-state index in [1.54, 1.807) is 25.1 Å². The first kappa shape index (κ1) is 12.8. The van der Waals surface area contributed by atoms with Gasteiger partial charge in [0.1, 0.15) is 11.9 Å². The number of aliphatic imine (C=N–C) groups is 2. The van der Waals surface area contributed by atoms with Crippen molar-refractivity contribution in [3.63, 3.8) is 0 Å². The second-order valence-corrected chi connectivity index (χ2v) is 4.01. The molecule has 8 N–H and O–H groups in total. The molecule has 0 aliphatic carbocycles. The van der Waals surface area contributed by atoms with E-state index >= 15 is 0 Å². The maximum atomic E-state index is 9.45. The number of hydrogen-bond acceptors (Lipinski definition) is 3. The number of hydrogen-bond donors (Lipinski definition) is 5. The second kappa shape index (κ2) is 4.94. The van der Waals surface area contributed by atoms with Gasteiger partial charge in [0.25, 0.3) is 0 Å². The molecule has 0 spiro atoms. The molecule has 1 heterocycles. The Morgan fingerprint density at radius 1 is 1.37 bits per heavy atom. The van der Waals surface area contributed by atoms with Gasteiger partial charge in [0.2, 0.25) is 5.96 Å². The van der Waals surface area contributed by atoms with Crippen molar-refractivity contribution in [2.24, 2.45) is 27.2 Å². The number of aromatic amines is 1. The average molecular weight is 261 g/mol. The van der Waals surface area contributed by atoms with Crippen molar-refractivity contribution >= 4 is 28.6 Å². The Hall–Kier alpha value is -2.61. The Kier molecular flexibility index (Phi) is 3.34. The number of aliphatic hydroxyl groups is 1. The third kappa shape index (κ3) is 2.99. The molecule has 0 aliphatic rings. The molecule has 100 valence electrons. The molecule has 1 aromatic heterocycles. The second-order valence-electron chi connectivity index (χ2n) is 4.01. The van der Waals surface area contributed by atoms with E-state index in [4.69, 9.17) is 17.2 Å². The quantitative estimate of drug-likeness (QED) is 0.375. The van der Waals surface area contributed by atoms with Crippen LogP contribution in [0.3, 0.4) is 0 Å². The Morgan fingerprint density at radius 3 is 2.74 bits per heavy atom. The largest absolute Gasteiger partial charge is 0.385 e. The Balaban J connectivity index is 2.39. The summed E-state index contributed by atoms with van der Waals surface area (Å²) in [5.74, 6) is 0.309. The van der Waals surface area contributed by atoms with Crippen LogP contribution in [0.25, 0.3) is 11.0 Å². The number of benzene rings is 1. The molecule has 8 heteroatoms. The normalized spacial score (nSPS) is 13.5. The summed E-state index contributed by atoms with van der Waals surface area (Å²) in [6.45, 7) is 1.63. The molecule has 19 heavy (non-hydrogen) atoms. The highest BCUT2D eigenvalue weighted by atomic mass is 16.3. The number of nitrogens with two attached hydrogens (primary N) is 3. The fraction of sp³-hybridized carbons (Fsp3) is 0.182. The predicted molar refractivity (Wildman–Crippen MR) is 73.8 cm³/mol. The van der Waals surface area contributed by atoms with Crippen molar-refractivity contribution < 1.29 is 5.11 Å². The number of rotatable bonds is 2. The van der Waals surface area contributed by atoms with Crippen LogP contribution in [-0.4, -0.2) is 27.0 Å². The molecule has 0 amide bonds. The summed E-state index contributed by atoms with van der Waals surface area (Å²) >= 11 is 0. The van der Waals surface area contributed by atoms with Crippen LogP contribution in [0.4, 0.5) is 5.69 Å². The minimum atomic E-state index is -0.661. The summed E-state index contributed by atoms with van der Waals surface area (Å²) in [5.41, 5.74) is 18.0. The highest BCUT2D eigenvalue weighted by Crippen LogP contribution is 2.21. The molecule has 0 fully saturated rings.